The highest BCUT2D eigenvalue weighted by molar-refractivity contribution is 5.97. The number of aromatic amines is 1. The summed E-state index contributed by atoms with van der Waals surface area (Å²) in [5.74, 6) is -0.126. The van der Waals surface area contributed by atoms with Crippen LogP contribution < -0.4 is 5.56 Å². The summed E-state index contributed by atoms with van der Waals surface area (Å²) in [5.41, 5.74) is 5.86. The van der Waals surface area contributed by atoms with Gasteiger partial charge in [0.25, 0.3) is 11.8 Å². The Balaban J connectivity index is 1.26. The molecule has 3 aromatic rings. The second kappa shape index (κ2) is 7.30. The summed E-state index contributed by atoms with van der Waals surface area (Å²) in [6.07, 6.45) is 2.29. The number of benzene rings is 2. The SMILES string of the molecule is O=C(c1ccc(=O)[nH]c1)N1CCN(C(=O)c2ccc3c(c2)Cc2ccccc2-3)CC1. The smallest absolute Gasteiger partial charge is 0.255 e. The number of fused-ring (bicyclic) bond motifs is 3. The van der Waals surface area contributed by atoms with Crippen LogP contribution in [-0.2, 0) is 6.42 Å². The van der Waals surface area contributed by atoms with Gasteiger partial charge in [-0.25, -0.2) is 0 Å². The van der Waals surface area contributed by atoms with Gasteiger partial charge in [0.05, 0.1) is 5.56 Å². The minimum atomic E-state index is -0.237. The zero-order valence-electron chi connectivity index (χ0n) is 16.4. The van der Waals surface area contributed by atoms with E-state index < -0.39 is 0 Å². The predicted octanol–water partition coefficient (Wildman–Crippen LogP) is 2.54. The van der Waals surface area contributed by atoms with Crippen LogP contribution in [0.3, 0.4) is 0 Å². The van der Waals surface area contributed by atoms with E-state index >= 15 is 0 Å². The lowest BCUT2D eigenvalue weighted by atomic mass is 10.0. The summed E-state index contributed by atoms with van der Waals surface area (Å²) in [4.78, 5) is 42.9. The number of aromatic nitrogens is 1. The molecule has 6 nitrogen and oxygen atoms in total. The molecule has 30 heavy (non-hydrogen) atoms. The van der Waals surface area contributed by atoms with E-state index in [1.165, 1.54) is 40.6 Å². The molecule has 0 bridgehead atoms. The molecule has 0 saturated carbocycles. The van der Waals surface area contributed by atoms with Crippen molar-refractivity contribution in [1.82, 2.24) is 14.8 Å². The number of rotatable bonds is 2. The van der Waals surface area contributed by atoms with E-state index in [1.54, 1.807) is 9.80 Å². The lowest BCUT2D eigenvalue weighted by Gasteiger charge is -2.35. The largest absolute Gasteiger partial charge is 0.335 e. The topological polar surface area (TPSA) is 73.5 Å². The maximum atomic E-state index is 13.0. The molecular weight excluding hydrogens is 378 g/mol. The number of hydrogen-bond acceptors (Lipinski definition) is 3. The summed E-state index contributed by atoms with van der Waals surface area (Å²) < 4.78 is 0. The summed E-state index contributed by atoms with van der Waals surface area (Å²) >= 11 is 0. The average molecular weight is 399 g/mol. The van der Waals surface area contributed by atoms with Crippen molar-refractivity contribution in [3.63, 3.8) is 0 Å². The van der Waals surface area contributed by atoms with Crippen molar-refractivity contribution in [3.8, 4) is 11.1 Å². The highest BCUT2D eigenvalue weighted by Crippen LogP contribution is 2.36. The molecule has 2 amide bonds. The van der Waals surface area contributed by atoms with E-state index in [1.807, 2.05) is 30.3 Å². The summed E-state index contributed by atoms with van der Waals surface area (Å²) in [6, 6.07) is 17.2. The quantitative estimate of drug-likeness (QED) is 0.563. The Bertz CT molecular complexity index is 1190. The first-order valence-electron chi connectivity index (χ1n) is 10.1. The van der Waals surface area contributed by atoms with Gasteiger partial charge in [0.1, 0.15) is 0 Å². The molecule has 1 aromatic heterocycles. The molecule has 1 N–H and O–H groups in total. The number of piperazine rings is 1. The van der Waals surface area contributed by atoms with Crippen molar-refractivity contribution in [2.24, 2.45) is 0 Å². The van der Waals surface area contributed by atoms with Gasteiger partial charge >= 0.3 is 0 Å². The van der Waals surface area contributed by atoms with Crippen LogP contribution in [0.1, 0.15) is 31.8 Å². The van der Waals surface area contributed by atoms with Gasteiger partial charge in [0.15, 0.2) is 0 Å². The lowest BCUT2D eigenvalue weighted by molar-refractivity contribution is 0.0535. The highest BCUT2D eigenvalue weighted by atomic mass is 16.2. The number of carbonyl (C=O) groups is 2. The summed E-state index contributed by atoms with van der Waals surface area (Å²) in [7, 11) is 0. The van der Waals surface area contributed by atoms with Crippen molar-refractivity contribution < 1.29 is 9.59 Å². The number of amides is 2. The first-order chi connectivity index (χ1) is 14.6. The van der Waals surface area contributed by atoms with E-state index in [4.69, 9.17) is 0 Å². The first-order valence-corrected chi connectivity index (χ1v) is 10.1. The van der Waals surface area contributed by atoms with Gasteiger partial charge in [-0.2, -0.15) is 0 Å². The number of carbonyl (C=O) groups excluding carboxylic acids is 2. The fraction of sp³-hybridized carbons (Fsp3) is 0.208. The van der Waals surface area contributed by atoms with Crippen LogP contribution in [0.4, 0.5) is 0 Å². The van der Waals surface area contributed by atoms with E-state index in [0.717, 1.165) is 6.42 Å². The van der Waals surface area contributed by atoms with Gasteiger partial charge < -0.3 is 14.8 Å². The molecule has 150 valence electrons. The van der Waals surface area contributed by atoms with Gasteiger partial charge in [0, 0.05) is 44.0 Å². The van der Waals surface area contributed by atoms with Crippen molar-refractivity contribution >= 4 is 11.8 Å². The Hall–Kier alpha value is -3.67. The molecule has 1 saturated heterocycles. The molecule has 5 rings (SSSR count). The third-order valence-corrected chi connectivity index (χ3v) is 5.93. The van der Waals surface area contributed by atoms with Crippen LogP contribution in [0.25, 0.3) is 11.1 Å². The number of pyridine rings is 1. The van der Waals surface area contributed by atoms with Crippen LogP contribution in [0.2, 0.25) is 0 Å². The van der Waals surface area contributed by atoms with Crippen LogP contribution in [0.15, 0.2) is 65.6 Å². The lowest BCUT2D eigenvalue weighted by Crippen LogP contribution is -2.50. The number of hydrogen-bond donors (Lipinski definition) is 1. The Morgan fingerprint density at radius 1 is 0.733 bits per heavy atom. The van der Waals surface area contributed by atoms with Crippen molar-refractivity contribution in [1.29, 1.82) is 0 Å². The van der Waals surface area contributed by atoms with Gasteiger partial charge in [-0.15, -0.1) is 0 Å². The zero-order valence-corrected chi connectivity index (χ0v) is 16.4. The Morgan fingerprint density at radius 2 is 1.37 bits per heavy atom. The van der Waals surface area contributed by atoms with E-state index in [2.05, 4.69) is 17.1 Å². The molecule has 1 aliphatic heterocycles. The van der Waals surface area contributed by atoms with E-state index in [-0.39, 0.29) is 17.4 Å². The molecule has 2 aliphatic rings. The second-order valence-electron chi connectivity index (χ2n) is 7.73. The molecule has 2 aromatic carbocycles. The third-order valence-electron chi connectivity index (χ3n) is 5.93. The minimum absolute atomic E-state index is 0.00453. The fourth-order valence-electron chi connectivity index (χ4n) is 4.30. The molecular formula is C24H21N3O3. The van der Waals surface area contributed by atoms with Crippen molar-refractivity contribution in [3.05, 3.63) is 93.4 Å². The zero-order chi connectivity index (χ0) is 20.7. The van der Waals surface area contributed by atoms with E-state index in [9.17, 15) is 14.4 Å². The molecule has 0 unspecified atom stereocenters. The molecule has 6 heteroatoms. The Labute approximate surface area is 173 Å². The fourth-order valence-corrected chi connectivity index (χ4v) is 4.30. The summed E-state index contributed by atoms with van der Waals surface area (Å²) in [5, 5.41) is 0. The standard InChI is InChI=1S/C24H21N3O3/c28-22-8-6-18(15-25-22)24(30)27-11-9-26(10-12-27)23(29)17-5-7-21-19(14-17)13-16-3-1-2-4-20(16)21/h1-8,14-15H,9-13H2,(H,25,28). The minimum Gasteiger partial charge on any atom is -0.335 e. The average Bonchev–Trinajstić information content (AvgIpc) is 3.16. The molecule has 1 aliphatic carbocycles. The Morgan fingerprint density at radius 3 is 2.07 bits per heavy atom. The summed E-state index contributed by atoms with van der Waals surface area (Å²) in [6.45, 7) is 1.93. The highest BCUT2D eigenvalue weighted by Gasteiger charge is 2.27. The van der Waals surface area contributed by atoms with Gasteiger partial charge in [-0.05, 0) is 46.9 Å². The first kappa shape index (κ1) is 18.4. The van der Waals surface area contributed by atoms with Crippen molar-refractivity contribution in [2.75, 3.05) is 26.2 Å². The number of nitrogens with zero attached hydrogens (tertiary/aromatic N) is 2. The third kappa shape index (κ3) is 3.20. The Kier molecular flexibility index (Phi) is 4.47. The molecule has 1 fully saturated rings. The molecule has 0 radical (unpaired) electrons. The van der Waals surface area contributed by atoms with Crippen LogP contribution in [-0.4, -0.2) is 52.8 Å². The second-order valence-corrected chi connectivity index (χ2v) is 7.73. The van der Waals surface area contributed by atoms with E-state index in [0.29, 0.717) is 37.3 Å². The molecule has 0 atom stereocenters. The monoisotopic (exact) mass is 399 g/mol. The van der Waals surface area contributed by atoms with Crippen LogP contribution in [0, 0.1) is 0 Å². The predicted molar refractivity (Wildman–Crippen MR) is 114 cm³/mol. The van der Waals surface area contributed by atoms with Crippen LogP contribution in [0.5, 0.6) is 0 Å². The van der Waals surface area contributed by atoms with Crippen LogP contribution >= 0.6 is 0 Å². The van der Waals surface area contributed by atoms with Crippen molar-refractivity contribution in [2.45, 2.75) is 6.42 Å². The molecule has 0 spiro atoms. The van der Waals surface area contributed by atoms with Gasteiger partial charge in [0.2, 0.25) is 5.56 Å². The van der Waals surface area contributed by atoms with Gasteiger partial charge in [-0.3, -0.25) is 14.4 Å². The number of nitrogens with one attached hydrogen (secondary N) is 1. The van der Waals surface area contributed by atoms with Gasteiger partial charge in [-0.1, -0.05) is 30.3 Å². The normalized spacial score (nSPS) is 14.9. The maximum Gasteiger partial charge on any atom is 0.255 e. The molecule has 2 heterocycles. The maximum absolute atomic E-state index is 13.0. The number of H-pyrrole nitrogens is 1.